The average Bonchev–Trinajstić information content (AvgIpc) is 2.91. The molecule has 0 aromatic carbocycles. The van der Waals surface area contributed by atoms with Gasteiger partial charge in [-0.1, -0.05) is 12.8 Å². The Kier molecular flexibility index (Phi) is 4.38. The quantitative estimate of drug-likeness (QED) is 0.626. The molecule has 1 aliphatic rings. The summed E-state index contributed by atoms with van der Waals surface area (Å²) in [4.78, 5) is 4.13. The van der Waals surface area contributed by atoms with Gasteiger partial charge in [0.1, 0.15) is 5.82 Å². The molecule has 0 atom stereocenters. The summed E-state index contributed by atoms with van der Waals surface area (Å²) in [5, 5.41) is 0. The highest BCUT2D eigenvalue weighted by Gasteiger charge is 2.25. The number of sulfonamides is 1. The third kappa shape index (κ3) is 3.23. The molecule has 3 N–H and O–H groups in total. The number of nitrogens with two attached hydrogens (primary N) is 1. The van der Waals surface area contributed by atoms with Gasteiger partial charge >= 0.3 is 0 Å². The zero-order chi connectivity index (χ0) is 13.9. The van der Waals surface area contributed by atoms with Crippen molar-refractivity contribution in [3.8, 4) is 0 Å². The molecule has 6 nitrogen and oxygen atoms in total. The first-order valence-electron chi connectivity index (χ1n) is 6.43. The summed E-state index contributed by atoms with van der Waals surface area (Å²) < 4.78 is 26.3. The van der Waals surface area contributed by atoms with Crippen LogP contribution in [-0.4, -0.2) is 31.3 Å². The van der Waals surface area contributed by atoms with E-state index in [1.807, 2.05) is 0 Å². The van der Waals surface area contributed by atoms with E-state index in [0.717, 1.165) is 12.8 Å². The van der Waals surface area contributed by atoms with Crippen LogP contribution in [0, 0.1) is 5.92 Å². The zero-order valence-corrected chi connectivity index (χ0v) is 11.9. The SMILES string of the molecule is CN(CC1CCCC1)S(=O)(=O)c1ccnc(NN)c1. The van der Waals surface area contributed by atoms with E-state index < -0.39 is 10.0 Å². The molecule has 0 saturated heterocycles. The van der Waals surface area contributed by atoms with Crippen LogP contribution in [0.15, 0.2) is 23.2 Å². The molecule has 19 heavy (non-hydrogen) atoms. The van der Waals surface area contributed by atoms with Gasteiger partial charge in [-0.05, 0) is 24.8 Å². The van der Waals surface area contributed by atoms with Crippen LogP contribution in [0.2, 0.25) is 0 Å². The van der Waals surface area contributed by atoms with E-state index in [4.69, 9.17) is 5.84 Å². The van der Waals surface area contributed by atoms with Gasteiger partial charge in [0, 0.05) is 25.9 Å². The maximum atomic E-state index is 12.4. The van der Waals surface area contributed by atoms with Gasteiger partial charge in [0.15, 0.2) is 0 Å². The molecular weight excluding hydrogens is 264 g/mol. The van der Waals surface area contributed by atoms with Crippen LogP contribution in [0.3, 0.4) is 0 Å². The van der Waals surface area contributed by atoms with Crippen LogP contribution < -0.4 is 11.3 Å². The summed E-state index contributed by atoms with van der Waals surface area (Å²) in [7, 11) is -1.83. The molecule has 0 aliphatic heterocycles. The third-order valence-corrected chi connectivity index (χ3v) is 5.40. The minimum Gasteiger partial charge on any atom is -0.308 e. The highest BCUT2D eigenvalue weighted by Crippen LogP contribution is 2.27. The number of nitrogen functional groups attached to an aromatic ring is 1. The van der Waals surface area contributed by atoms with E-state index in [2.05, 4.69) is 10.4 Å². The summed E-state index contributed by atoms with van der Waals surface area (Å²) >= 11 is 0. The van der Waals surface area contributed by atoms with Crippen molar-refractivity contribution < 1.29 is 8.42 Å². The molecule has 0 amide bonds. The Morgan fingerprint density at radius 1 is 1.47 bits per heavy atom. The smallest absolute Gasteiger partial charge is 0.243 e. The fourth-order valence-corrected chi connectivity index (χ4v) is 3.75. The second-order valence-electron chi connectivity index (χ2n) is 4.96. The fraction of sp³-hybridized carbons (Fsp3) is 0.583. The van der Waals surface area contributed by atoms with Crippen LogP contribution in [0.25, 0.3) is 0 Å². The highest BCUT2D eigenvalue weighted by atomic mass is 32.2. The predicted octanol–water partition coefficient (Wildman–Crippen LogP) is 1.18. The molecule has 1 heterocycles. The Labute approximate surface area is 114 Å². The molecular formula is C12H20N4O2S. The van der Waals surface area contributed by atoms with Gasteiger partial charge in [-0.3, -0.25) is 0 Å². The fourth-order valence-electron chi connectivity index (χ4n) is 2.49. The molecule has 0 radical (unpaired) electrons. The van der Waals surface area contributed by atoms with E-state index in [1.54, 1.807) is 7.05 Å². The Hall–Kier alpha value is -1.18. The van der Waals surface area contributed by atoms with Gasteiger partial charge in [-0.25, -0.2) is 23.5 Å². The molecule has 106 valence electrons. The van der Waals surface area contributed by atoms with Crippen molar-refractivity contribution >= 4 is 15.8 Å². The summed E-state index contributed by atoms with van der Waals surface area (Å²) in [5.74, 6) is 6.07. The van der Waals surface area contributed by atoms with Gasteiger partial charge in [0.2, 0.25) is 10.0 Å². The maximum Gasteiger partial charge on any atom is 0.243 e. The molecule has 0 unspecified atom stereocenters. The number of hydrogen-bond donors (Lipinski definition) is 2. The van der Waals surface area contributed by atoms with Gasteiger partial charge in [-0.15, -0.1) is 0 Å². The second kappa shape index (κ2) is 5.85. The normalized spacial score (nSPS) is 17.0. The number of anilines is 1. The van der Waals surface area contributed by atoms with Gasteiger partial charge in [0.25, 0.3) is 0 Å². The second-order valence-corrected chi connectivity index (χ2v) is 7.00. The predicted molar refractivity (Wildman–Crippen MR) is 73.8 cm³/mol. The lowest BCUT2D eigenvalue weighted by molar-refractivity contribution is 0.387. The van der Waals surface area contributed by atoms with E-state index in [-0.39, 0.29) is 4.90 Å². The summed E-state index contributed by atoms with van der Waals surface area (Å²) in [6.07, 6.45) is 6.08. The van der Waals surface area contributed by atoms with Crippen molar-refractivity contribution in [2.75, 3.05) is 19.0 Å². The minimum absolute atomic E-state index is 0.218. The van der Waals surface area contributed by atoms with Crippen LogP contribution in [-0.2, 0) is 10.0 Å². The van der Waals surface area contributed by atoms with Gasteiger partial charge in [0.05, 0.1) is 4.90 Å². The number of hydrazine groups is 1. The summed E-state index contributed by atoms with van der Waals surface area (Å²) in [6, 6.07) is 2.93. The molecule has 1 aromatic rings. The zero-order valence-electron chi connectivity index (χ0n) is 11.0. The average molecular weight is 284 g/mol. The van der Waals surface area contributed by atoms with E-state index in [0.29, 0.717) is 18.3 Å². The Balaban J connectivity index is 2.15. The van der Waals surface area contributed by atoms with Crippen molar-refractivity contribution in [3.05, 3.63) is 18.3 Å². The molecule has 1 aliphatic carbocycles. The standard InChI is InChI=1S/C12H20N4O2S/c1-16(9-10-4-2-3-5-10)19(17,18)11-6-7-14-12(8-11)15-13/h6-8,10H,2-5,9,13H2,1H3,(H,14,15). The number of pyridine rings is 1. The molecule has 7 heteroatoms. The first kappa shape index (κ1) is 14.2. The minimum atomic E-state index is -3.46. The number of nitrogens with zero attached hydrogens (tertiary/aromatic N) is 2. The molecule has 1 aromatic heterocycles. The van der Waals surface area contributed by atoms with Crippen molar-refractivity contribution in [1.82, 2.24) is 9.29 Å². The summed E-state index contributed by atoms with van der Waals surface area (Å²) in [6.45, 7) is 0.579. The number of aromatic nitrogens is 1. The van der Waals surface area contributed by atoms with Crippen molar-refractivity contribution in [3.63, 3.8) is 0 Å². The monoisotopic (exact) mass is 284 g/mol. The maximum absolute atomic E-state index is 12.4. The first-order chi connectivity index (χ1) is 9.04. The van der Waals surface area contributed by atoms with Crippen LogP contribution in [0.1, 0.15) is 25.7 Å². The largest absolute Gasteiger partial charge is 0.308 e. The third-order valence-electron chi connectivity index (χ3n) is 3.58. The first-order valence-corrected chi connectivity index (χ1v) is 7.87. The van der Waals surface area contributed by atoms with Gasteiger partial charge in [-0.2, -0.15) is 0 Å². The lowest BCUT2D eigenvalue weighted by Crippen LogP contribution is -2.31. The lowest BCUT2D eigenvalue weighted by atomic mass is 10.1. The van der Waals surface area contributed by atoms with E-state index in [9.17, 15) is 8.42 Å². The molecule has 1 saturated carbocycles. The number of hydrogen-bond acceptors (Lipinski definition) is 5. The van der Waals surface area contributed by atoms with Crippen molar-refractivity contribution in [2.24, 2.45) is 11.8 Å². The Bertz CT molecular complexity index is 526. The van der Waals surface area contributed by atoms with Crippen molar-refractivity contribution in [1.29, 1.82) is 0 Å². The molecule has 0 spiro atoms. The highest BCUT2D eigenvalue weighted by molar-refractivity contribution is 7.89. The summed E-state index contributed by atoms with van der Waals surface area (Å²) in [5.41, 5.74) is 2.36. The van der Waals surface area contributed by atoms with Crippen LogP contribution in [0.4, 0.5) is 5.82 Å². The van der Waals surface area contributed by atoms with Gasteiger partial charge < -0.3 is 5.43 Å². The topological polar surface area (TPSA) is 88.3 Å². The van der Waals surface area contributed by atoms with E-state index >= 15 is 0 Å². The van der Waals surface area contributed by atoms with E-state index in [1.165, 1.54) is 35.5 Å². The molecule has 1 fully saturated rings. The molecule has 0 bridgehead atoms. The Morgan fingerprint density at radius 2 is 2.16 bits per heavy atom. The Morgan fingerprint density at radius 3 is 2.79 bits per heavy atom. The number of nitrogens with one attached hydrogen (secondary N) is 1. The number of rotatable bonds is 5. The van der Waals surface area contributed by atoms with Crippen LogP contribution >= 0.6 is 0 Å². The molecule has 2 rings (SSSR count). The lowest BCUT2D eigenvalue weighted by Gasteiger charge is -2.20. The van der Waals surface area contributed by atoms with Crippen LogP contribution in [0.5, 0.6) is 0 Å². The van der Waals surface area contributed by atoms with Crippen molar-refractivity contribution in [2.45, 2.75) is 30.6 Å².